The van der Waals surface area contributed by atoms with Crippen LogP contribution in [0.25, 0.3) is 0 Å². The summed E-state index contributed by atoms with van der Waals surface area (Å²) in [7, 11) is 1.67. The van der Waals surface area contributed by atoms with E-state index in [-0.39, 0.29) is 41.0 Å². The maximum atomic E-state index is 12.7. The molecule has 0 unspecified atom stereocenters. The molecule has 4 fully saturated rings. The third kappa shape index (κ3) is 2.55. The summed E-state index contributed by atoms with van der Waals surface area (Å²) in [6.45, 7) is 6.08. The lowest BCUT2D eigenvalue weighted by molar-refractivity contribution is -0.146. The van der Waals surface area contributed by atoms with Gasteiger partial charge in [0.25, 0.3) is 0 Å². The number of epoxide rings is 1. The lowest BCUT2D eigenvalue weighted by Gasteiger charge is -2.48. The molecule has 0 aromatic heterocycles. The van der Waals surface area contributed by atoms with Crippen LogP contribution in [0.4, 0.5) is 0 Å². The molecule has 2 saturated carbocycles. The number of benzene rings is 1. The van der Waals surface area contributed by atoms with Crippen molar-refractivity contribution in [2.24, 2.45) is 23.2 Å². The number of hydrogen-bond acceptors (Lipinski definition) is 5. The summed E-state index contributed by atoms with van der Waals surface area (Å²) in [4.78, 5) is 12.7. The summed E-state index contributed by atoms with van der Waals surface area (Å²) in [5.74, 6) is 1.48. The summed E-state index contributed by atoms with van der Waals surface area (Å²) in [5, 5.41) is 3.48. The lowest BCUT2D eigenvalue weighted by atomic mass is 9.53. The second-order valence-corrected chi connectivity index (χ2v) is 9.53. The highest BCUT2D eigenvalue weighted by Crippen LogP contribution is 2.70. The van der Waals surface area contributed by atoms with Gasteiger partial charge in [-0.1, -0.05) is 32.4 Å². The second-order valence-electron chi connectivity index (χ2n) is 9.53. The summed E-state index contributed by atoms with van der Waals surface area (Å²) < 4.78 is 17.6. The molecule has 0 amide bonds. The molecule has 2 heterocycles. The van der Waals surface area contributed by atoms with Crippen molar-refractivity contribution < 1.29 is 19.0 Å². The smallest absolute Gasteiger partial charge is 0.311 e. The van der Waals surface area contributed by atoms with Gasteiger partial charge in [-0.15, -0.1) is 0 Å². The van der Waals surface area contributed by atoms with E-state index in [1.807, 2.05) is 12.1 Å². The number of methoxy groups -OCH3 is 1. The Labute approximate surface area is 167 Å². The number of carbonyl (C=O) groups excluding carboxylic acids is 1. The topological polar surface area (TPSA) is 60.1 Å². The van der Waals surface area contributed by atoms with Crippen molar-refractivity contribution in [3.8, 4) is 5.75 Å². The Bertz CT molecular complexity index is 764. The molecule has 2 aliphatic carbocycles. The molecule has 5 rings (SSSR count). The molecule has 1 N–H and O–H groups in total. The highest BCUT2D eigenvalue weighted by Gasteiger charge is 2.78. The van der Waals surface area contributed by atoms with E-state index in [0.29, 0.717) is 12.5 Å². The van der Waals surface area contributed by atoms with E-state index < -0.39 is 0 Å². The summed E-state index contributed by atoms with van der Waals surface area (Å²) in [6.07, 6.45) is 4.85. The van der Waals surface area contributed by atoms with Crippen LogP contribution in [-0.4, -0.2) is 37.4 Å². The monoisotopic (exact) mass is 385 g/mol. The molecule has 0 radical (unpaired) electrons. The van der Waals surface area contributed by atoms with E-state index in [2.05, 4.69) is 31.3 Å². The van der Waals surface area contributed by atoms with Gasteiger partial charge in [0.05, 0.1) is 19.1 Å². The quantitative estimate of drug-likeness (QED) is 0.622. The minimum atomic E-state index is -0.105. The molecule has 152 valence electrons. The zero-order valence-corrected chi connectivity index (χ0v) is 17.1. The van der Waals surface area contributed by atoms with Gasteiger partial charge >= 0.3 is 5.97 Å². The van der Waals surface area contributed by atoms with Crippen LogP contribution in [0.2, 0.25) is 0 Å². The van der Waals surface area contributed by atoms with Gasteiger partial charge in [0.1, 0.15) is 17.5 Å². The van der Waals surface area contributed by atoms with Gasteiger partial charge in [0.2, 0.25) is 0 Å². The Kier molecular flexibility index (Phi) is 4.25. The van der Waals surface area contributed by atoms with Crippen molar-refractivity contribution in [1.29, 1.82) is 0 Å². The SMILES string of the molecule is COc1ccc(CNC[C@H]2C(=O)O[C@@H]3C[C@@]4(C)CCC[C@H](C)[C@@]45O[C@H]5[C@@H]32)cc1. The molecule has 7 atom stereocenters. The zero-order valence-electron chi connectivity index (χ0n) is 17.1. The second kappa shape index (κ2) is 6.46. The van der Waals surface area contributed by atoms with Crippen molar-refractivity contribution in [2.75, 3.05) is 13.7 Å². The van der Waals surface area contributed by atoms with Gasteiger partial charge in [-0.25, -0.2) is 0 Å². The Morgan fingerprint density at radius 2 is 2.07 bits per heavy atom. The van der Waals surface area contributed by atoms with E-state index in [1.165, 1.54) is 24.8 Å². The van der Waals surface area contributed by atoms with Crippen molar-refractivity contribution in [3.05, 3.63) is 29.8 Å². The van der Waals surface area contributed by atoms with Gasteiger partial charge in [-0.2, -0.15) is 0 Å². The maximum Gasteiger partial charge on any atom is 0.311 e. The normalized spacial score (nSPS) is 43.5. The largest absolute Gasteiger partial charge is 0.497 e. The number of hydrogen-bond donors (Lipinski definition) is 1. The Balaban J connectivity index is 1.27. The minimum Gasteiger partial charge on any atom is -0.497 e. The van der Waals surface area contributed by atoms with Crippen LogP contribution in [0.3, 0.4) is 0 Å². The molecule has 5 nitrogen and oxygen atoms in total. The number of esters is 1. The van der Waals surface area contributed by atoms with Gasteiger partial charge in [0.15, 0.2) is 0 Å². The molecule has 5 heteroatoms. The van der Waals surface area contributed by atoms with E-state index in [0.717, 1.165) is 18.7 Å². The van der Waals surface area contributed by atoms with Crippen LogP contribution in [0.5, 0.6) is 5.75 Å². The molecular weight excluding hydrogens is 354 g/mol. The Hall–Kier alpha value is -1.59. The molecule has 2 aliphatic heterocycles. The van der Waals surface area contributed by atoms with Crippen molar-refractivity contribution in [3.63, 3.8) is 0 Å². The first-order valence-electron chi connectivity index (χ1n) is 10.7. The van der Waals surface area contributed by atoms with Gasteiger partial charge in [0, 0.05) is 24.4 Å². The maximum absolute atomic E-state index is 12.7. The van der Waals surface area contributed by atoms with Crippen LogP contribution in [0.1, 0.15) is 45.1 Å². The number of carbonyl (C=O) groups is 1. The van der Waals surface area contributed by atoms with E-state index in [1.54, 1.807) is 7.11 Å². The average molecular weight is 386 g/mol. The molecule has 1 spiro atoms. The van der Waals surface area contributed by atoms with Gasteiger partial charge in [-0.05, 0) is 42.9 Å². The molecule has 28 heavy (non-hydrogen) atoms. The summed E-state index contributed by atoms with van der Waals surface area (Å²) in [6, 6.07) is 8.03. The fourth-order valence-corrected chi connectivity index (χ4v) is 6.58. The fourth-order valence-electron chi connectivity index (χ4n) is 6.58. The number of nitrogens with one attached hydrogen (secondary N) is 1. The van der Waals surface area contributed by atoms with Crippen LogP contribution >= 0.6 is 0 Å². The number of rotatable bonds is 5. The minimum absolute atomic E-state index is 0.0192. The highest BCUT2D eigenvalue weighted by molar-refractivity contribution is 5.76. The van der Waals surface area contributed by atoms with E-state index in [9.17, 15) is 4.79 Å². The van der Waals surface area contributed by atoms with Crippen molar-refractivity contribution >= 4 is 5.97 Å². The van der Waals surface area contributed by atoms with Crippen molar-refractivity contribution in [1.82, 2.24) is 5.32 Å². The first-order valence-corrected chi connectivity index (χ1v) is 10.7. The number of fused-ring (bicyclic) bond motifs is 2. The molecule has 2 saturated heterocycles. The Morgan fingerprint density at radius 1 is 1.29 bits per heavy atom. The third-order valence-electron chi connectivity index (χ3n) is 8.05. The van der Waals surface area contributed by atoms with Crippen LogP contribution < -0.4 is 10.1 Å². The van der Waals surface area contributed by atoms with E-state index in [4.69, 9.17) is 14.2 Å². The average Bonchev–Trinajstić information content (AvgIpc) is 3.36. The standard InChI is InChI=1S/C23H31NO4/c1-14-5-4-10-22(2)11-18-19(20-23(14,22)28-20)17(21(25)27-18)13-24-12-15-6-8-16(26-3)9-7-15/h6-9,14,17-20,24H,4-5,10-13H2,1-3H3/t14-,17+,18+,19+,20-,22+,23-/m0/s1. The predicted molar refractivity (Wildman–Crippen MR) is 105 cm³/mol. The number of ether oxygens (including phenoxy) is 3. The van der Waals surface area contributed by atoms with Crippen LogP contribution in [0.15, 0.2) is 24.3 Å². The van der Waals surface area contributed by atoms with Crippen molar-refractivity contribution in [2.45, 2.75) is 63.9 Å². The first-order chi connectivity index (χ1) is 13.5. The molecule has 4 aliphatic rings. The predicted octanol–water partition coefficient (Wildman–Crippen LogP) is 3.31. The highest BCUT2D eigenvalue weighted by atomic mass is 16.6. The van der Waals surface area contributed by atoms with Crippen LogP contribution in [-0.2, 0) is 20.8 Å². The molecular formula is C23H31NO4. The van der Waals surface area contributed by atoms with Gasteiger partial charge in [-0.3, -0.25) is 4.79 Å². The summed E-state index contributed by atoms with van der Waals surface area (Å²) in [5.41, 5.74) is 1.32. The zero-order chi connectivity index (χ0) is 19.5. The third-order valence-corrected chi connectivity index (χ3v) is 8.05. The van der Waals surface area contributed by atoms with Gasteiger partial charge < -0.3 is 19.5 Å². The molecule has 1 aromatic rings. The van der Waals surface area contributed by atoms with E-state index >= 15 is 0 Å². The first kappa shape index (κ1) is 18.4. The molecule has 0 bridgehead atoms. The molecule has 1 aromatic carbocycles. The lowest BCUT2D eigenvalue weighted by Crippen LogP contribution is -2.54. The fraction of sp³-hybridized carbons (Fsp3) is 0.696. The summed E-state index contributed by atoms with van der Waals surface area (Å²) >= 11 is 0. The Morgan fingerprint density at radius 3 is 2.82 bits per heavy atom. The van der Waals surface area contributed by atoms with Crippen LogP contribution in [0, 0.1) is 23.2 Å².